The fourth-order valence-electron chi connectivity index (χ4n) is 5.36. The second kappa shape index (κ2) is 8.93. The lowest BCUT2D eigenvalue weighted by Gasteiger charge is -2.42. The first-order chi connectivity index (χ1) is 13.8. The summed E-state index contributed by atoms with van der Waals surface area (Å²) in [6.45, 7) is 2.52. The summed E-state index contributed by atoms with van der Waals surface area (Å²) in [5.41, 5.74) is -1.24. The summed E-state index contributed by atoms with van der Waals surface area (Å²) < 4.78 is 20.2. The van der Waals surface area contributed by atoms with Gasteiger partial charge in [0.2, 0.25) is 5.60 Å². The summed E-state index contributed by atoms with van der Waals surface area (Å²) in [7, 11) is 4.52. The third kappa shape index (κ3) is 4.41. The van der Waals surface area contributed by atoms with E-state index in [0.29, 0.717) is 35.5 Å². The Kier molecular flexibility index (Phi) is 6.89. The van der Waals surface area contributed by atoms with Crippen LogP contribution in [0.1, 0.15) is 24.0 Å². The van der Waals surface area contributed by atoms with Crippen LogP contribution in [0, 0.1) is 23.6 Å². The summed E-state index contributed by atoms with van der Waals surface area (Å²) >= 11 is 0. The number of aliphatic hydroxyl groups is 1. The molecule has 2 fully saturated rings. The number of benzene rings is 2. The number of nitrogens with zero attached hydrogens (tertiary/aromatic N) is 1. The Balaban J connectivity index is 0.00000256. The summed E-state index contributed by atoms with van der Waals surface area (Å²) in [6.07, 6.45) is 2.35. The van der Waals surface area contributed by atoms with E-state index in [-0.39, 0.29) is 24.0 Å². The fourth-order valence-corrected chi connectivity index (χ4v) is 5.36. The van der Waals surface area contributed by atoms with E-state index in [9.17, 15) is 14.3 Å². The Morgan fingerprint density at radius 1 is 1.03 bits per heavy atom. The molecule has 30 heavy (non-hydrogen) atoms. The summed E-state index contributed by atoms with van der Waals surface area (Å²) in [4.78, 5) is 13.2. The van der Waals surface area contributed by atoms with Crippen molar-refractivity contribution in [2.45, 2.75) is 18.4 Å². The molecular formula is C24H29FINO3. The van der Waals surface area contributed by atoms with Gasteiger partial charge in [0, 0.05) is 17.8 Å². The van der Waals surface area contributed by atoms with Crippen LogP contribution in [-0.2, 0) is 15.1 Å². The lowest BCUT2D eigenvalue weighted by molar-refractivity contribution is -0.902. The number of hydrogen-bond acceptors (Lipinski definition) is 3. The van der Waals surface area contributed by atoms with Crippen LogP contribution in [0.3, 0.4) is 0 Å². The van der Waals surface area contributed by atoms with Crippen LogP contribution >= 0.6 is 0 Å². The molecule has 0 spiro atoms. The molecule has 1 aliphatic carbocycles. The van der Waals surface area contributed by atoms with Crippen LogP contribution in [0.15, 0.2) is 54.6 Å². The van der Waals surface area contributed by atoms with Gasteiger partial charge in [-0.1, -0.05) is 42.5 Å². The molecule has 0 amide bonds. The minimum atomic E-state index is -1.96. The summed E-state index contributed by atoms with van der Waals surface area (Å²) in [5.74, 6) is 0.323. The minimum absolute atomic E-state index is 0. The molecule has 1 saturated heterocycles. The molecule has 2 aliphatic rings. The maximum atomic E-state index is 13.4. The quantitative estimate of drug-likeness (QED) is 0.348. The molecule has 6 heteroatoms. The smallest absolute Gasteiger partial charge is 0.347 e. The molecule has 3 unspecified atom stereocenters. The Hall–Kier alpha value is -1.51. The van der Waals surface area contributed by atoms with Gasteiger partial charge in [-0.2, -0.15) is 0 Å². The molecule has 2 bridgehead atoms. The second-order valence-electron chi connectivity index (χ2n) is 9.24. The van der Waals surface area contributed by atoms with Crippen molar-refractivity contribution in [3.8, 4) is 0 Å². The molecular weight excluding hydrogens is 496 g/mol. The Morgan fingerprint density at radius 2 is 1.57 bits per heavy atom. The predicted molar refractivity (Wildman–Crippen MR) is 108 cm³/mol. The highest BCUT2D eigenvalue weighted by molar-refractivity contribution is 5.85. The number of quaternary nitrogens is 1. The van der Waals surface area contributed by atoms with Crippen LogP contribution in [0.2, 0.25) is 0 Å². The zero-order chi connectivity index (χ0) is 20.6. The molecule has 162 valence electrons. The van der Waals surface area contributed by atoms with E-state index in [1.54, 1.807) is 24.3 Å². The molecule has 1 aliphatic heterocycles. The average Bonchev–Trinajstić information content (AvgIpc) is 2.97. The Bertz CT molecular complexity index is 858. The standard InChI is InChI=1S/C24H29FNO3.HI/c1-26(2)14-17-8-9-18(15-26)22(17)16-29-23(27)24(28,19-6-4-3-5-7-19)20-10-12-21(25)13-11-20;/h3-7,10-13,17-18,22,28H,8-9,14-16H2,1-2H3;1H/q+1;/p-1. The number of fused-ring (bicyclic) bond motifs is 2. The second-order valence-corrected chi connectivity index (χ2v) is 9.24. The van der Waals surface area contributed by atoms with Crippen LogP contribution in [-0.4, -0.2) is 49.4 Å². The number of carbonyl (C=O) groups is 1. The zero-order valence-corrected chi connectivity index (χ0v) is 19.6. The van der Waals surface area contributed by atoms with Gasteiger partial charge in [0.1, 0.15) is 5.82 Å². The van der Waals surface area contributed by atoms with Crippen molar-refractivity contribution in [3.05, 3.63) is 71.5 Å². The lowest BCUT2D eigenvalue weighted by atomic mass is 9.84. The molecule has 1 saturated carbocycles. The van der Waals surface area contributed by atoms with Crippen LogP contribution in [0.5, 0.6) is 0 Å². The van der Waals surface area contributed by atoms with Gasteiger partial charge < -0.3 is 38.3 Å². The first kappa shape index (κ1) is 23.2. The molecule has 3 atom stereocenters. The highest BCUT2D eigenvalue weighted by atomic mass is 127. The van der Waals surface area contributed by atoms with Crippen LogP contribution < -0.4 is 24.0 Å². The maximum absolute atomic E-state index is 13.4. The molecule has 2 aromatic carbocycles. The highest BCUT2D eigenvalue weighted by Crippen LogP contribution is 2.44. The predicted octanol–water partition coefficient (Wildman–Crippen LogP) is 0.341. The first-order valence-corrected chi connectivity index (χ1v) is 10.3. The minimum Gasteiger partial charge on any atom is -1.00 e. The van der Waals surface area contributed by atoms with Crippen molar-refractivity contribution in [2.24, 2.45) is 17.8 Å². The zero-order valence-electron chi connectivity index (χ0n) is 17.4. The maximum Gasteiger partial charge on any atom is 0.347 e. The summed E-state index contributed by atoms with van der Waals surface area (Å²) in [6, 6.07) is 14.1. The fraction of sp³-hybridized carbons (Fsp3) is 0.458. The molecule has 4 nitrogen and oxygen atoms in total. The van der Waals surface area contributed by atoms with Gasteiger partial charge in [-0.3, -0.25) is 0 Å². The van der Waals surface area contributed by atoms with E-state index in [1.807, 2.05) is 6.07 Å². The van der Waals surface area contributed by atoms with Gasteiger partial charge in [0.15, 0.2) is 0 Å². The Labute approximate surface area is 194 Å². The normalized spacial score (nSPS) is 26.3. The molecule has 4 rings (SSSR count). The molecule has 0 aromatic heterocycles. The SMILES string of the molecule is C[N+]1(C)CC2CCC(C1)C2COC(=O)C(O)(c1ccccc1)c1ccc(F)cc1.[I-]. The largest absolute Gasteiger partial charge is 1.00 e. The first-order valence-electron chi connectivity index (χ1n) is 10.3. The van der Waals surface area contributed by atoms with Gasteiger partial charge in [0.05, 0.1) is 33.8 Å². The molecule has 0 radical (unpaired) electrons. The van der Waals surface area contributed by atoms with Crippen molar-refractivity contribution in [2.75, 3.05) is 33.8 Å². The van der Waals surface area contributed by atoms with Crippen molar-refractivity contribution >= 4 is 5.97 Å². The van der Waals surface area contributed by atoms with E-state index < -0.39 is 17.4 Å². The number of hydrogen-bond donors (Lipinski definition) is 1. The number of ether oxygens (including phenoxy) is 1. The van der Waals surface area contributed by atoms with Gasteiger partial charge in [-0.15, -0.1) is 0 Å². The third-order valence-corrected chi connectivity index (χ3v) is 6.73. The van der Waals surface area contributed by atoms with Crippen LogP contribution in [0.4, 0.5) is 4.39 Å². The van der Waals surface area contributed by atoms with E-state index in [2.05, 4.69) is 14.1 Å². The van der Waals surface area contributed by atoms with Gasteiger partial charge in [-0.25, -0.2) is 9.18 Å². The molecule has 1 heterocycles. The third-order valence-electron chi connectivity index (χ3n) is 6.73. The Morgan fingerprint density at radius 3 is 2.13 bits per heavy atom. The highest BCUT2D eigenvalue weighted by Gasteiger charge is 2.48. The number of rotatable bonds is 5. The van der Waals surface area contributed by atoms with E-state index in [0.717, 1.165) is 17.6 Å². The molecule has 1 N–H and O–H groups in total. The number of carbonyl (C=O) groups excluding carboxylic acids is 1. The van der Waals surface area contributed by atoms with E-state index >= 15 is 0 Å². The summed E-state index contributed by atoms with van der Waals surface area (Å²) in [5, 5.41) is 11.5. The average molecular weight is 525 g/mol. The monoisotopic (exact) mass is 525 g/mol. The lowest BCUT2D eigenvalue weighted by Crippen LogP contribution is -3.00. The number of piperidine rings is 1. The van der Waals surface area contributed by atoms with E-state index in [1.165, 1.54) is 37.1 Å². The topological polar surface area (TPSA) is 46.5 Å². The van der Waals surface area contributed by atoms with Gasteiger partial charge in [0.25, 0.3) is 0 Å². The number of halogens is 2. The molecule has 2 aromatic rings. The van der Waals surface area contributed by atoms with Crippen molar-refractivity contribution in [1.29, 1.82) is 0 Å². The van der Waals surface area contributed by atoms with Crippen LogP contribution in [0.25, 0.3) is 0 Å². The van der Waals surface area contributed by atoms with Gasteiger partial charge in [-0.05, 0) is 36.1 Å². The van der Waals surface area contributed by atoms with E-state index in [4.69, 9.17) is 4.74 Å². The van der Waals surface area contributed by atoms with Crippen molar-refractivity contribution in [1.82, 2.24) is 0 Å². The van der Waals surface area contributed by atoms with Gasteiger partial charge >= 0.3 is 5.97 Å². The number of esters is 1. The van der Waals surface area contributed by atoms with Crippen molar-refractivity contribution in [3.63, 3.8) is 0 Å². The number of likely N-dealkylation sites (tertiary alicyclic amines) is 1. The van der Waals surface area contributed by atoms with Crippen molar-refractivity contribution < 1.29 is 47.5 Å².